The fourth-order valence-corrected chi connectivity index (χ4v) is 1.82. The lowest BCUT2D eigenvalue weighted by Gasteiger charge is -2.13. The molecular weight excluding hydrogens is 202 g/mol. The molecule has 1 unspecified atom stereocenters. The third kappa shape index (κ3) is 3.99. The Hall–Kier alpha value is -0.800. The number of hydrogen-bond donors (Lipinski definition) is 1. The van der Waals surface area contributed by atoms with Gasteiger partial charge in [-0.25, -0.2) is 0 Å². The van der Waals surface area contributed by atoms with Crippen LogP contribution < -0.4 is 5.73 Å². The quantitative estimate of drug-likeness (QED) is 0.809. The van der Waals surface area contributed by atoms with Gasteiger partial charge in [-0.2, -0.15) is 0 Å². The summed E-state index contributed by atoms with van der Waals surface area (Å²) in [5.74, 6) is 2.43. The van der Waals surface area contributed by atoms with Gasteiger partial charge >= 0.3 is 0 Å². The molecule has 1 aromatic rings. The molecule has 0 bridgehead atoms. The van der Waals surface area contributed by atoms with Crippen LogP contribution in [0.4, 0.5) is 0 Å². The minimum Gasteiger partial charge on any atom is -0.464 e. The first kappa shape index (κ1) is 13.3. The molecule has 1 heterocycles. The molecule has 0 saturated carbocycles. The lowest BCUT2D eigenvalue weighted by atomic mass is 10.1. The van der Waals surface area contributed by atoms with Gasteiger partial charge in [0.05, 0.1) is 6.10 Å². The van der Waals surface area contributed by atoms with Crippen molar-refractivity contribution < 1.29 is 9.15 Å². The van der Waals surface area contributed by atoms with Gasteiger partial charge in [-0.3, -0.25) is 0 Å². The molecule has 0 fully saturated rings. The van der Waals surface area contributed by atoms with E-state index in [0.29, 0.717) is 19.1 Å². The number of aryl methyl sites for hydroxylation is 1. The molecule has 1 aromatic heterocycles. The first-order chi connectivity index (χ1) is 7.52. The van der Waals surface area contributed by atoms with Gasteiger partial charge in [-0.05, 0) is 32.3 Å². The second-order valence-electron chi connectivity index (χ2n) is 4.75. The van der Waals surface area contributed by atoms with E-state index in [0.717, 1.165) is 23.5 Å². The number of nitrogens with two attached hydrogens (primary N) is 1. The van der Waals surface area contributed by atoms with E-state index in [1.54, 1.807) is 0 Å². The molecule has 0 aliphatic rings. The van der Waals surface area contributed by atoms with Crippen molar-refractivity contribution in [2.75, 3.05) is 0 Å². The first-order valence-corrected chi connectivity index (χ1v) is 5.92. The van der Waals surface area contributed by atoms with Gasteiger partial charge in [-0.15, -0.1) is 0 Å². The number of hydrogen-bond acceptors (Lipinski definition) is 3. The van der Waals surface area contributed by atoms with Crippen LogP contribution in [0, 0.1) is 12.8 Å². The van der Waals surface area contributed by atoms with Crippen molar-refractivity contribution in [1.82, 2.24) is 0 Å². The largest absolute Gasteiger partial charge is 0.464 e. The van der Waals surface area contributed by atoms with E-state index >= 15 is 0 Å². The molecule has 2 N–H and O–H groups in total. The third-order valence-electron chi connectivity index (χ3n) is 2.60. The zero-order valence-corrected chi connectivity index (χ0v) is 10.7. The molecule has 0 radical (unpaired) electrons. The van der Waals surface area contributed by atoms with Crippen LogP contribution in [0.3, 0.4) is 0 Å². The van der Waals surface area contributed by atoms with E-state index in [4.69, 9.17) is 14.9 Å². The summed E-state index contributed by atoms with van der Waals surface area (Å²) >= 11 is 0. The van der Waals surface area contributed by atoms with Crippen molar-refractivity contribution in [3.8, 4) is 0 Å². The lowest BCUT2D eigenvalue weighted by molar-refractivity contribution is 0.0300. The molecule has 0 saturated heterocycles. The Kier molecular flexibility index (Phi) is 5.03. The van der Waals surface area contributed by atoms with Crippen molar-refractivity contribution in [3.05, 3.63) is 23.2 Å². The minimum absolute atomic E-state index is 0.270. The topological polar surface area (TPSA) is 48.4 Å². The molecule has 3 nitrogen and oxygen atoms in total. The van der Waals surface area contributed by atoms with Crippen LogP contribution in [0.5, 0.6) is 0 Å². The second-order valence-corrected chi connectivity index (χ2v) is 4.75. The van der Waals surface area contributed by atoms with E-state index in [1.807, 2.05) is 13.0 Å². The number of ether oxygens (including phenoxy) is 1. The highest BCUT2D eigenvalue weighted by Gasteiger charge is 2.09. The third-order valence-corrected chi connectivity index (χ3v) is 2.60. The Morgan fingerprint density at radius 1 is 1.38 bits per heavy atom. The van der Waals surface area contributed by atoms with E-state index in [2.05, 4.69) is 20.8 Å². The SMILES string of the molecule is Cc1oc(COC(C)CC(C)C)cc1CN. The Labute approximate surface area is 98.0 Å². The summed E-state index contributed by atoms with van der Waals surface area (Å²) < 4.78 is 11.3. The van der Waals surface area contributed by atoms with Crippen LogP contribution in [0.2, 0.25) is 0 Å². The monoisotopic (exact) mass is 225 g/mol. The summed E-state index contributed by atoms with van der Waals surface area (Å²) in [7, 11) is 0. The summed E-state index contributed by atoms with van der Waals surface area (Å²) in [6, 6.07) is 1.98. The lowest BCUT2D eigenvalue weighted by Crippen LogP contribution is -2.10. The van der Waals surface area contributed by atoms with Gasteiger partial charge in [0.2, 0.25) is 0 Å². The van der Waals surface area contributed by atoms with Gasteiger partial charge in [0.25, 0.3) is 0 Å². The zero-order valence-electron chi connectivity index (χ0n) is 10.7. The molecule has 0 aliphatic heterocycles. The highest BCUT2D eigenvalue weighted by molar-refractivity contribution is 5.19. The van der Waals surface area contributed by atoms with E-state index in [9.17, 15) is 0 Å². The van der Waals surface area contributed by atoms with E-state index < -0.39 is 0 Å². The fraction of sp³-hybridized carbons (Fsp3) is 0.692. The highest BCUT2D eigenvalue weighted by Crippen LogP contribution is 2.16. The van der Waals surface area contributed by atoms with Gasteiger partial charge in [-0.1, -0.05) is 13.8 Å². The summed E-state index contributed by atoms with van der Waals surface area (Å²) in [5, 5.41) is 0. The summed E-state index contributed by atoms with van der Waals surface area (Å²) in [6.07, 6.45) is 1.34. The maximum atomic E-state index is 5.72. The first-order valence-electron chi connectivity index (χ1n) is 5.92. The van der Waals surface area contributed by atoms with E-state index in [1.165, 1.54) is 0 Å². The molecule has 0 amide bonds. The second kappa shape index (κ2) is 6.06. The van der Waals surface area contributed by atoms with Gasteiger partial charge in [0, 0.05) is 12.1 Å². The van der Waals surface area contributed by atoms with Crippen LogP contribution >= 0.6 is 0 Å². The van der Waals surface area contributed by atoms with Crippen molar-refractivity contribution >= 4 is 0 Å². The van der Waals surface area contributed by atoms with Crippen LogP contribution in [0.1, 0.15) is 44.3 Å². The Balaban J connectivity index is 2.42. The van der Waals surface area contributed by atoms with Gasteiger partial charge < -0.3 is 14.9 Å². The van der Waals surface area contributed by atoms with Crippen LogP contribution in [-0.2, 0) is 17.9 Å². The smallest absolute Gasteiger partial charge is 0.130 e. The minimum atomic E-state index is 0.270. The molecule has 0 aromatic carbocycles. The van der Waals surface area contributed by atoms with Gasteiger partial charge in [0.1, 0.15) is 18.1 Å². The molecular formula is C13H23NO2. The number of rotatable bonds is 6. The Morgan fingerprint density at radius 2 is 2.06 bits per heavy atom. The maximum absolute atomic E-state index is 5.72. The van der Waals surface area contributed by atoms with Crippen molar-refractivity contribution in [2.24, 2.45) is 11.7 Å². The van der Waals surface area contributed by atoms with E-state index in [-0.39, 0.29) is 6.10 Å². The molecule has 3 heteroatoms. The highest BCUT2D eigenvalue weighted by atomic mass is 16.5. The van der Waals surface area contributed by atoms with Crippen LogP contribution in [-0.4, -0.2) is 6.10 Å². The number of furan rings is 1. The summed E-state index contributed by atoms with van der Waals surface area (Å²) in [5.41, 5.74) is 6.65. The zero-order chi connectivity index (χ0) is 12.1. The predicted molar refractivity (Wildman–Crippen MR) is 65.0 cm³/mol. The van der Waals surface area contributed by atoms with Crippen molar-refractivity contribution in [2.45, 2.75) is 53.4 Å². The predicted octanol–water partition coefficient (Wildman–Crippen LogP) is 3.00. The average molecular weight is 225 g/mol. The molecule has 1 rings (SSSR count). The Bertz CT molecular complexity index is 318. The Morgan fingerprint density at radius 3 is 2.56 bits per heavy atom. The van der Waals surface area contributed by atoms with Crippen LogP contribution in [0.15, 0.2) is 10.5 Å². The average Bonchev–Trinajstić information content (AvgIpc) is 2.55. The van der Waals surface area contributed by atoms with Gasteiger partial charge in [0.15, 0.2) is 0 Å². The summed E-state index contributed by atoms with van der Waals surface area (Å²) in [6.45, 7) is 9.49. The molecule has 0 spiro atoms. The molecule has 16 heavy (non-hydrogen) atoms. The normalized spacial score (nSPS) is 13.4. The molecule has 1 atom stereocenters. The molecule has 92 valence electrons. The summed E-state index contributed by atoms with van der Waals surface area (Å²) in [4.78, 5) is 0. The standard InChI is InChI=1S/C13H23NO2/c1-9(2)5-10(3)15-8-13-6-12(7-14)11(4)16-13/h6,9-10H,5,7-8,14H2,1-4H3. The maximum Gasteiger partial charge on any atom is 0.130 e. The van der Waals surface area contributed by atoms with Crippen molar-refractivity contribution in [3.63, 3.8) is 0 Å². The molecule has 0 aliphatic carbocycles. The van der Waals surface area contributed by atoms with Crippen LogP contribution in [0.25, 0.3) is 0 Å². The van der Waals surface area contributed by atoms with Crippen molar-refractivity contribution in [1.29, 1.82) is 0 Å². The fourth-order valence-electron chi connectivity index (χ4n) is 1.82.